The lowest BCUT2D eigenvalue weighted by Gasteiger charge is -2.01. The SMILES string of the molecule is Cc1csc2cc(B(O)O)cc(F)c12. The average Bonchev–Trinajstić information content (AvgIpc) is 2.48. The van der Waals surface area contributed by atoms with E-state index < -0.39 is 12.9 Å². The summed E-state index contributed by atoms with van der Waals surface area (Å²) in [6.07, 6.45) is 0. The van der Waals surface area contributed by atoms with Crippen LogP contribution in [0.4, 0.5) is 4.39 Å². The summed E-state index contributed by atoms with van der Waals surface area (Å²) in [5, 5.41) is 20.2. The lowest BCUT2D eigenvalue weighted by Crippen LogP contribution is -2.29. The summed E-state index contributed by atoms with van der Waals surface area (Å²) < 4.78 is 14.2. The molecule has 0 saturated carbocycles. The highest BCUT2D eigenvalue weighted by Crippen LogP contribution is 2.26. The molecule has 2 nitrogen and oxygen atoms in total. The first-order valence-electron chi connectivity index (χ1n) is 4.13. The molecule has 14 heavy (non-hydrogen) atoms. The van der Waals surface area contributed by atoms with Gasteiger partial charge in [0.1, 0.15) is 5.82 Å². The molecule has 0 bridgehead atoms. The molecule has 72 valence electrons. The van der Waals surface area contributed by atoms with Crippen LogP contribution in [0.15, 0.2) is 17.5 Å². The molecule has 1 aromatic heterocycles. The molecule has 0 aliphatic heterocycles. The van der Waals surface area contributed by atoms with Crippen molar-refractivity contribution >= 4 is 34.0 Å². The predicted molar refractivity (Wildman–Crippen MR) is 56.3 cm³/mol. The Morgan fingerprint density at radius 1 is 1.36 bits per heavy atom. The van der Waals surface area contributed by atoms with Crippen molar-refractivity contribution in [2.45, 2.75) is 6.92 Å². The second-order valence-electron chi connectivity index (χ2n) is 3.17. The Labute approximate surface area is 84.8 Å². The van der Waals surface area contributed by atoms with E-state index in [2.05, 4.69) is 0 Å². The van der Waals surface area contributed by atoms with E-state index in [4.69, 9.17) is 10.0 Å². The van der Waals surface area contributed by atoms with E-state index >= 15 is 0 Å². The third kappa shape index (κ3) is 1.43. The van der Waals surface area contributed by atoms with Crippen LogP contribution in [0.5, 0.6) is 0 Å². The molecule has 0 radical (unpaired) electrons. The van der Waals surface area contributed by atoms with Crippen molar-refractivity contribution < 1.29 is 14.4 Å². The largest absolute Gasteiger partial charge is 0.488 e. The molecule has 2 aromatic rings. The van der Waals surface area contributed by atoms with Gasteiger partial charge in [-0.2, -0.15) is 0 Å². The highest BCUT2D eigenvalue weighted by atomic mass is 32.1. The average molecular weight is 210 g/mol. The molecule has 0 amide bonds. The number of halogens is 1. The van der Waals surface area contributed by atoms with Gasteiger partial charge in [0, 0.05) is 10.1 Å². The number of benzene rings is 1. The summed E-state index contributed by atoms with van der Waals surface area (Å²) in [4.78, 5) is 0. The summed E-state index contributed by atoms with van der Waals surface area (Å²) in [6, 6.07) is 2.76. The van der Waals surface area contributed by atoms with Gasteiger partial charge in [-0.05, 0) is 35.5 Å². The van der Waals surface area contributed by atoms with Crippen LogP contribution in [0.3, 0.4) is 0 Å². The molecular formula is C9H8BFO2S. The van der Waals surface area contributed by atoms with Crippen molar-refractivity contribution in [1.29, 1.82) is 0 Å². The number of rotatable bonds is 1. The molecule has 0 fully saturated rings. The van der Waals surface area contributed by atoms with Gasteiger partial charge in [-0.3, -0.25) is 0 Å². The zero-order valence-corrected chi connectivity index (χ0v) is 8.31. The Morgan fingerprint density at radius 2 is 2.07 bits per heavy atom. The van der Waals surface area contributed by atoms with Crippen LogP contribution in [-0.4, -0.2) is 17.2 Å². The van der Waals surface area contributed by atoms with Crippen molar-refractivity contribution in [3.63, 3.8) is 0 Å². The number of thiophene rings is 1. The molecule has 1 heterocycles. The maximum Gasteiger partial charge on any atom is 0.488 e. The van der Waals surface area contributed by atoms with Crippen LogP contribution in [0.2, 0.25) is 0 Å². The number of hydrogen-bond donors (Lipinski definition) is 2. The Bertz CT molecular complexity index is 481. The van der Waals surface area contributed by atoms with E-state index in [1.807, 2.05) is 12.3 Å². The predicted octanol–water partition coefficient (Wildman–Crippen LogP) is 1.03. The molecule has 0 aliphatic rings. The monoisotopic (exact) mass is 210 g/mol. The first kappa shape index (κ1) is 9.64. The fourth-order valence-electron chi connectivity index (χ4n) is 1.44. The minimum absolute atomic E-state index is 0.192. The zero-order chi connectivity index (χ0) is 10.3. The second-order valence-corrected chi connectivity index (χ2v) is 4.08. The summed E-state index contributed by atoms with van der Waals surface area (Å²) >= 11 is 1.40. The quantitative estimate of drug-likeness (QED) is 0.690. The molecular weight excluding hydrogens is 202 g/mol. The highest BCUT2D eigenvalue weighted by Gasteiger charge is 2.15. The van der Waals surface area contributed by atoms with Crippen LogP contribution in [0.25, 0.3) is 10.1 Å². The Balaban J connectivity index is 2.74. The fourth-order valence-corrected chi connectivity index (χ4v) is 2.44. The summed E-state index contributed by atoms with van der Waals surface area (Å²) in [5.41, 5.74) is 1.07. The van der Waals surface area contributed by atoms with E-state index in [1.165, 1.54) is 11.3 Å². The van der Waals surface area contributed by atoms with Crippen LogP contribution in [-0.2, 0) is 0 Å². The van der Waals surface area contributed by atoms with Gasteiger partial charge >= 0.3 is 7.12 Å². The molecule has 0 aliphatic carbocycles. The van der Waals surface area contributed by atoms with Crippen LogP contribution >= 0.6 is 11.3 Å². The molecule has 0 saturated heterocycles. The van der Waals surface area contributed by atoms with Gasteiger partial charge in [-0.25, -0.2) is 4.39 Å². The lowest BCUT2D eigenvalue weighted by molar-refractivity contribution is 0.425. The summed E-state index contributed by atoms with van der Waals surface area (Å²) in [7, 11) is -1.61. The van der Waals surface area contributed by atoms with Gasteiger partial charge in [-0.15, -0.1) is 11.3 Å². The third-order valence-electron chi connectivity index (χ3n) is 2.13. The minimum atomic E-state index is -1.61. The minimum Gasteiger partial charge on any atom is -0.423 e. The normalized spacial score (nSPS) is 10.9. The zero-order valence-electron chi connectivity index (χ0n) is 7.49. The Morgan fingerprint density at radius 3 is 2.71 bits per heavy atom. The number of hydrogen-bond acceptors (Lipinski definition) is 3. The van der Waals surface area contributed by atoms with Gasteiger partial charge in [0.05, 0.1) is 0 Å². The van der Waals surface area contributed by atoms with Gasteiger partial charge < -0.3 is 10.0 Å². The third-order valence-corrected chi connectivity index (χ3v) is 3.18. The van der Waals surface area contributed by atoms with E-state index in [0.29, 0.717) is 5.39 Å². The van der Waals surface area contributed by atoms with E-state index in [1.54, 1.807) is 6.07 Å². The molecule has 0 unspecified atom stereocenters. The van der Waals surface area contributed by atoms with Gasteiger partial charge in [0.15, 0.2) is 0 Å². The van der Waals surface area contributed by atoms with Crippen LogP contribution < -0.4 is 5.46 Å². The smallest absolute Gasteiger partial charge is 0.423 e. The maximum atomic E-state index is 13.5. The van der Waals surface area contributed by atoms with Gasteiger partial charge in [0.25, 0.3) is 0 Å². The van der Waals surface area contributed by atoms with E-state index in [-0.39, 0.29) is 5.46 Å². The molecule has 2 rings (SSSR count). The van der Waals surface area contributed by atoms with Crippen LogP contribution in [0.1, 0.15) is 5.56 Å². The number of fused-ring (bicyclic) bond motifs is 1. The molecule has 0 spiro atoms. The van der Waals surface area contributed by atoms with Crippen molar-refractivity contribution in [3.05, 3.63) is 28.9 Å². The second kappa shape index (κ2) is 3.35. The molecule has 1 aromatic carbocycles. The lowest BCUT2D eigenvalue weighted by atomic mass is 9.80. The Hall–Kier alpha value is -0.905. The first-order valence-corrected chi connectivity index (χ1v) is 5.01. The molecule has 5 heteroatoms. The van der Waals surface area contributed by atoms with Crippen molar-refractivity contribution in [3.8, 4) is 0 Å². The summed E-state index contributed by atoms with van der Waals surface area (Å²) in [6.45, 7) is 1.83. The van der Waals surface area contributed by atoms with Crippen molar-refractivity contribution in [2.75, 3.05) is 0 Å². The van der Waals surface area contributed by atoms with Gasteiger partial charge in [-0.1, -0.05) is 0 Å². The van der Waals surface area contributed by atoms with Gasteiger partial charge in [0.2, 0.25) is 0 Å². The molecule has 0 atom stereocenters. The van der Waals surface area contributed by atoms with E-state index in [9.17, 15) is 4.39 Å². The molecule has 2 N–H and O–H groups in total. The Kier molecular flexibility index (Phi) is 2.30. The highest BCUT2D eigenvalue weighted by molar-refractivity contribution is 7.17. The first-order chi connectivity index (χ1) is 6.59. The van der Waals surface area contributed by atoms with E-state index in [0.717, 1.165) is 16.3 Å². The van der Waals surface area contributed by atoms with Crippen molar-refractivity contribution in [2.24, 2.45) is 0 Å². The topological polar surface area (TPSA) is 40.5 Å². The maximum absolute atomic E-state index is 13.5. The summed E-state index contributed by atoms with van der Waals surface area (Å²) in [5.74, 6) is -0.399. The van der Waals surface area contributed by atoms with Crippen molar-refractivity contribution in [1.82, 2.24) is 0 Å². The van der Waals surface area contributed by atoms with Crippen LogP contribution in [0, 0.1) is 12.7 Å². The number of aryl methyl sites for hydroxylation is 1. The fraction of sp³-hybridized carbons (Fsp3) is 0.111. The standard InChI is InChI=1S/C9H8BFO2S/c1-5-4-14-8-3-6(10(12)13)2-7(11)9(5)8/h2-4,12-13H,1H3.